The number of nitrogens with one attached hydrogen (secondary N) is 1. The summed E-state index contributed by atoms with van der Waals surface area (Å²) < 4.78 is 6.34. The van der Waals surface area contributed by atoms with Gasteiger partial charge in [-0.1, -0.05) is 24.3 Å². The number of amides is 1. The van der Waals surface area contributed by atoms with Gasteiger partial charge in [0.2, 0.25) is 0 Å². The number of hydrogen-bond donors (Lipinski definition) is 2. The number of nitrogens with zero attached hydrogens (tertiary/aromatic N) is 1. The van der Waals surface area contributed by atoms with Crippen molar-refractivity contribution in [1.29, 1.82) is 0 Å². The molecule has 1 unspecified atom stereocenters. The predicted molar refractivity (Wildman–Crippen MR) is 121 cm³/mol. The molecule has 2 N–H and O–H groups in total. The number of hydrogen-bond acceptors (Lipinski definition) is 4. The van der Waals surface area contributed by atoms with Crippen LogP contribution in [0.5, 0.6) is 5.75 Å². The minimum Gasteiger partial charge on any atom is -0.496 e. The van der Waals surface area contributed by atoms with Crippen molar-refractivity contribution in [2.45, 2.75) is 19.9 Å². The Bertz CT molecular complexity index is 1290. The summed E-state index contributed by atoms with van der Waals surface area (Å²) in [6.07, 6.45) is -0.936. The van der Waals surface area contributed by atoms with Gasteiger partial charge in [-0.3, -0.25) is 4.79 Å². The van der Waals surface area contributed by atoms with Gasteiger partial charge >= 0.3 is 6.09 Å². The molecule has 4 aromatic rings. The van der Waals surface area contributed by atoms with Crippen molar-refractivity contribution in [3.05, 3.63) is 63.8 Å². The van der Waals surface area contributed by atoms with E-state index in [4.69, 9.17) is 4.74 Å². The number of methoxy groups -OCH3 is 1. The number of aromatic nitrogens is 1. The molecule has 2 aromatic heterocycles. The molecule has 154 valence electrons. The molecule has 0 saturated carbocycles. The van der Waals surface area contributed by atoms with Crippen LogP contribution in [-0.4, -0.2) is 34.7 Å². The molecule has 2 aromatic carbocycles. The molecule has 0 saturated heterocycles. The fourth-order valence-corrected chi connectivity index (χ4v) is 4.76. The van der Waals surface area contributed by atoms with Gasteiger partial charge in [-0.05, 0) is 48.6 Å². The van der Waals surface area contributed by atoms with Crippen molar-refractivity contribution in [1.82, 2.24) is 9.88 Å². The number of ether oxygens (including phenoxy) is 1. The maximum atomic E-state index is 12.4. The van der Waals surface area contributed by atoms with E-state index in [1.165, 1.54) is 16.2 Å². The predicted octanol–water partition coefficient (Wildman–Crippen LogP) is 5.48. The zero-order valence-corrected chi connectivity index (χ0v) is 17.7. The topological polar surface area (TPSA) is 82.6 Å². The summed E-state index contributed by atoms with van der Waals surface area (Å²) in [6.45, 7) is 4.12. The Morgan fingerprint density at radius 1 is 1.20 bits per heavy atom. The van der Waals surface area contributed by atoms with E-state index in [1.54, 1.807) is 7.11 Å². The number of carboxylic acid groups (broad SMARTS) is 1. The van der Waals surface area contributed by atoms with Crippen LogP contribution in [0.15, 0.2) is 52.6 Å². The Hall–Kier alpha value is -3.32. The van der Waals surface area contributed by atoms with Crippen LogP contribution in [-0.2, 0) is 0 Å². The van der Waals surface area contributed by atoms with Crippen molar-refractivity contribution >= 4 is 38.4 Å². The third-order valence-electron chi connectivity index (χ3n) is 5.51. The number of H-pyrrole nitrogens is 1. The Balaban J connectivity index is 1.90. The number of benzene rings is 2. The van der Waals surface area contributed by atoms with Gasteiger partial charge in [0.1, 0.15) is 10.4 Å². The molecule has 7 heteroatoms. The van der Waals surface area contributed by atoms with Crippen molar-refractivity contribution in [2.75, 3.05) is 13.7 Å². The van der Waals surface area contributed by atoms with Crippen LogP contribution in [0.4, 0.5) is 4.79 Å². The number of aromatic amines is 1. The SMILES string of the molecule is CCN(C(=O)O)C(C)c1ccc(-c2c(OC)ccc3[nH]c(=O)c4sccc4c23)cc1. The second-order valence-electron chi connectivity index (χ2n) is 7.05. The van der Waals surface area contributed by atoms with E-state index < -0.39 is 6.09 Å². The quantitative estimate of drug-likeness (QED) is 0.446. The smallest absolute Gasteiger partial charge is 0.407 e. The lowest BCUT2D eigenvalue weighted by atomic mass is 9.95. The Morgan fingerprint density at radius 3 is 2.57 bits per heavy atom. The average molecular weight is 423 g/mol. The Kier molecular flexibility index (Phi) is 5.22. The summed E-state index contributed by atoms with van der Waals surface area (Å²) in [5.74, 6) is 0.712. The molecule has 0 radical (unpaired) electrons. The summed E-state index contributed by atoms with van der Waals surface area (Å²) in [5, 5.41) is 13.2. The van der Waals surface area contributed by atoms with Crippen molar-refractivity contribution in [2.24, 2.45) is 0 Å². The number of fused-ring (bicyclic) bond motifs is 3. The molecule has 1 atom stereocenters. The number of rotatable bonds is 5. The van der Waals surface area contributed by atoms with Gasteiger partial charge in [0, 0.05) is 28.4 Å². The molecule has 0 bridgehead atoms. The lowest BCUT2D eigenvalue weighted by molar-refractivity contribution is 0.131. The monoisotopic (exact) mass is 422 g/mol. The minimum atomic E-state index is -0.936. The van der Waals surface area contributed by atoms with E-state index in [1.807, 2.05) is 61.7 Å². The highest BCUT2D eigenvalue weighted by Crippen LogP contribution is 2.40. The normalized spacial score (nSPS) is 12.2. The first-order valence-corrected chi connectivity index (χ1v) is 10.5. The van der Waals surface area contributed by atoms with E-state index in [0.717, 1.165) is 33.0 Å². The average Bonchev–Trinajstić information content (AvgIpc) is 3.24. The standard InChI is InChI=1S/C23H22N2O4S/c1-4-25(23(27)28)13(2)14-5-7-15(8-6-14)19-18(29-3)10-9-17-20(19)16-11-12-30-21(16)22(26)24-17/h5-13H,4H2,1-3H3,(H,24,26)(H,27,28). The summed E-state index contributed by atoms with van der Waals surface area (Å²) in [6, 6.07) is 13.3. The molecule has 0 aliphatic carbocycles. The molecule has 0 fully saturated rings. The van der Waals surface area contributed by atoms with Crippen LogP contribution in [0.25, 0.3) is 32.1 Å². The van der Waals surface area contributed by atoms with Crippen LogP contribution < -0.4 is 10.3 Å². The van der Waals surface area contributed by atoms with Gasteiger partial charge in [-0.15, -0.1) is 11.3 Å². The highest BCUT2D eigenvalue weighted by atomic mass is 32.1. The third-order valence-corrected chi connectivity index (χ3v) is 6.42. The van der Waals surface area contributed by atoms with Crippen LogP contribution in [0.3, 0.4) is 0 Å². The second kappa shape index (κ2) is 7.84. The molecule has 0 spiro atoms. The largest absolute Gasteiger partial charge is 0.496 e. The fourth-order valence-electron chi connectivity index (χ4n) is 3.97. The van der Waals surface area contributed by atoms with Gasteiger partial charge in [0.05, 0.1) is 13.2 Å². The molecule has 0 aliphatic heterocycles. The lowest BCUT2D eigenvalue weighted by Gasteiger charge is -2.25. The third kappa shape index (κ3) is 3.21. The van der Waals surface area contributed by atoms with Gasteiger partial charge < -0.3 is 19.7 Å². The van der Waals surface area contributed by atoms with Crippen LogP contribution >= 0.6 is 11.3 Å². The van der Waals surface area contributed by atoms with Crippen molar-refractivity contribution < 1.29 is 14.6 Å². The Morgan fingerprint density at radius 2 is 1.93 bits per heavy atom. The summed E-state index contributed by atoms with van der Waals surface area (Å²) >= 11 is 1.42. The molecule has 1 amide bonds. The van der Waals surface area contributed by atoms with Crippen LogP contribution in [0.1, 0.15) is 25.5 Å². The molecule has 0 aliphatic rings. The summed E-state index contributed by atoms with van der Waals surface area (Å²) in [4.78, 5) is 28.2. The molecule has 30 heavy (non-hydrogen) atoms. The molecule has 2 heterocycles. The van der Waals surface area contributed by atoms with E-state index >= 15 is 0 Å². The number of thiophene rings is 1. The number of carbonyl (C=O) groups is 1. The van der Waals surface area contributed by atoms with E-state index in [-0.39, 0.29) is 11.6 Å². The summed E-state index contributed by atoms with van der Waals surface area (Å²) in [7, 11) is 1.63. The Labute approximate surface area is 177 Å². The second-order valence-corrected chi connectivity index (χ2v) is 7.97. The molecular formula is C23H22N2O4S. The van der Waals surface area contributed by atoms with Crippen molar-refractivity contribution in [3.63, 3.8) is 0 Å². The van der Waals surface area contributed by atoms with Gasteiger partial charge in [0.15, 0.2) is 0 Å². The first-order valence-electron chi connectivity index (χ1n) is 9.66. The van der Waals surface area contributed by atoms with Gasteiger partial charge in [0.25, 0.3) is 5.56 Å². The zero-order chi connectivity index (χ0) is 21.4. The summed E-state index contributed by atoms with van der Waals surface area (Å²) in [5.41, 5.74) is 3.41. The molecular weight excluding hydrogens is 400 g/mol. The highest BCUT2D eigenvalue weighted by Gasteiger charge is 2.20. The molecule has 4 rings (SSSR count). The van der Waals surface area contributed by atoms with Gasteiger partial charge in [-0.2, -0.15) is 0 Å². The van der Waals surface area contributed by atoms with Crippen LogP contribution in [0, 0.1) is 0 Å². The first kappa shape index (κ1) is 20.0. The fraction of sp³-hybridized carbons (Fsp3) is 0.217. The van der Waals surface area contributed by atoms with Crippen LogP contribution in [0.2, 0.25) is 0 Å². The van der Waals surface area contributed by atoms with E-state index in [0.29, 0.717) is 17.0 Å². The minimum absolute atomic E-state index is 0.0962. The van der Waals surface area contributed by atoms with Crippen molar-refractivity contribution in [3.8, 4) is 16.9 Å². The maximum Gasteiger partial charge on any atom is 0.407 e. The first-order chi connectivity index (χ1) is 14.5. The van der Waals surface area contributed by atoms with Gasteiger partial charge in [-0.25, -0.2) is 4.79 Å². The van der Waals surface area contributed by atoms with E-state index in [9.17, 15) is 14.7 Å². The zero-order valence-electron chi connectivity index (χ0n) is 16.9. The van der Waals surface area contributed by atoms with E-state index in [2.05, 4.69) is 4.98 Å². The number of pyridine rings is 1. The maximum absolute atomic E-state index is 12.4. The lowest BCUT2D eigenvalue weighted by Crippen LogP contribution is -2.31. The highest BCUT2D eigenvalue weighted by molar-refractivity contribution is 7.17. The molecule has 6 nitrogen and oxygen atoms in total.